The summed E-state index contributed by atoms with van der Waals surface area (Å²) < 4.78 is 29.5. The highest BCUT2D eigenvalue weighted by Gasteiger charge is 2.27. The maximum absolute atomic E-state index is 11.6. The second kappa shape index (κ2) is 17.4. The van der Waals surface area contributed by atoms with E-state index in [2.05, 4.69) is 22.8 Å². The zero-order chi connectivity index (χ0) is 29.4. The zero-order valence-corrected chi connectivity index (χ0v) is 24.8. The first-order chi connectivity index (χ1) is 20.7. The molecule has 0 spiro atoms. The lowest BCUT2D eigenvalue weighted by atomic mass is 9.88. The van der Waals surface area contributed by atoms with Gasteiger partial charge in [0.15, 0.2) is 0 Å². The fourth-order valence-corrected chi connectivity index (χ4v) is 5.13. The van der Waals surface area contributed by atoms with Gasteiger partial charge in [0.1, 0.15) is 23.9 Å². The minimum Gasteiger partial charge on any atom is -0.496 e. The van der Waals surface area contributed by atoms with Crippen LogP contribution in [0.3, 0.4) is 0 Å². The van der Waals surface area contributed by atoms with Crippen molar-refractivity contribution in [2.24, 2.45) is 0 Å². The van der Waals surface area contributed by atoms with Crippen molar-refractivity contribution < 1.29 is 28.5 Å². The summed E-state index contributed by atoms with van der Waals surface area (Å²) in [7, 11) is 3.33. The highest BCUT2D eigenvalue weighted by Crippen LogP contribution is 2.29. The van der Waals surface area contributed by atoms with Gasteiger partial charge in [-0.25, -0.2) is 0 Å². The number of ether oxygens (including phenoxy) is 5. The van der Waals surface area contributed by atoms with Crippen LogP contribution in [0.4, 0.5) is 0 Å². The van der Waals surface area contributed by atoms with Crippen LogP contribution in [0.25, 0.3) is 0 Å². The summed E-state index contributed by atoms with van der Waals surface area (Å²) in [4.78, 5) is 11.6. The second-order valence-electron chi connectivity index (χ2n) is 10.3. The molecular formula is C34H44N2O6. The van der Waals surface area contributed by atoms with E-state index in [-0.39, 0.29) is 12.0 Å². The molecule has 2 atom stereocenters. The second-order valence-corrected chi connectivity index (χ2v) is 10.3. The van der Waals surface area contributed by atoms with Crippen LogP contribution in [-0.4, -0.2) is 65.7 Å². The standard InChI is InChI=1S/C34H44N2O6/c1-35-34(37)17-14-27-8-3-6-11-32(27)41-22-23-42-33-24-36-19-18-30(33)26-12-15-29(16-13-26)40-21-7-20-39-25-28-9-4-5-10-31(28)38-2/h3-6,8-13,15-16,30,33,36H,7,14,17-25H2,1-2H3,(H,35,37)/t30-,33+/m1/s1. The van der Waals surface area contributed by atoms with Gasteiger partial charge in [-0.05, 0) is 54.8 Å². The topological polar surface area (TPSA) is 87.3 Å². The van der Waals surface area contributed by atoms with Gasteiger partial charge in [0, 0.05) is 37.9 Å². The van der Waals surface area contributed by atoms with Crippen molar-refractivity contribution in [3.8, 4) is 17.2 Å². The van der Waals surface area contributed by atoms with Crippen molar-refractivity contribution >= 4 is 5.91 Å². The molecule has 1 fully saturated rings. The molecule has 0 bridgehead atoms. The van der Waals surface area contributed by atoms with Gasteiger partial charge < -0.3 is 34.3 Å². The molecule has 0 saturated carbocycles. The van der Waals surface area contributed by atoms with Gasteiger partial charge >= 0.3 is 0 Å². The Morgan fingerprint density at radius 3 is 2.43 bits per heavy atom. The zero-order valence-electron chi connectivity index (χ0n) is 24.8. The first-order valence-electron chi connectivity index (χ1n) is 14.8. The molecule has 1 amide bonds. The normalized spacial score (nSPS) is 16.5. The van der Waals surface area contributed by atoms with Crippen LogP contribution in [0.1, 0.15) is 41.9 Å². The van der Waals surface area contributed by atoms with Gasteiger partial charge in [0.05, 0.1) is 39.6 Å². The van der Waals surface area contributed by atoms with E-state index in [1.807, 2.05) is 60.7 Å². The summed E-state index contributed by atoms with van der Waals surface area (Å²) in [5.74, 6) is 2.85. The number of aryl methyl sites for hydroxylation is 1. The predicted molar refractivity (Wildman–Crippen MR) is 163 cm³/mol. The molecule has 1 aliphatic heterocycles. The van der Waals surface area contributed by atoms with Crippen molar-refractivity contribution in [1.29, 1.82) is 0 Å². The number of piperidine rings is 1. The molecule has 0 aliphatic carbocycles. The Hall–Kier alpha value is -3.59. The Labute approximate surface area is 249 Å². The molecule has 1 heterocycles. The van der Waals surface area contributed by atoms with Crippen LogP contribution in [0.5, 0.6) is 17.2 Å². The van der Waals surface area contributed by atoms with Crippen LogP contribution in [0.2, 0.25) is 0 Å². The molecular weight excluding hydrogens is 532 g/mol. The molecule has 1 aliphatic rings. The van der Waals surface area contributed by atoms with E-state index in [0.717, 1.165) is 54.3 Å². The number of rotatable bonds is 17. The lowest BCUT2D eigenvalue weighted by molar-refractivity contribution is -0.120. The van der Waals surface area contributed by atoms with Gasteiger partial charge in [-0.2, -0.15) is 0 Å². The van der Waals surface area contributed by atoms with Crippen molar-refractivity contribution in [3.63, 3.8) is 0 Å². The van der Waals surface area contributed by atoms with Crippen LogP contribution < -0.4 is 24.8 Å². The van der Waals surface area contributed by atoms with Gasteiger partial charge in [0.25, 0.3) is 0 Å². The Kier molecular flexibility index (Phi) is 13.0. The lowest BCUT2D eigenvalue weighted by Crippen LogP contribution is -2.41. The Morgan fingerprint density at radius 2 is 1.64 bits per heavy atom. The maximum atomic E-state index is 11.6. The predicted octanol–water partition coefficient (Wildman–Crippen LogP) is 4.90. The molecule has 4 rings (SSSR count). The monoisotopic (exact) mass is 576 g/mol. The number of benzene rings is 3. The number of nitrogens with one attached hydrogen (secondary N) is 2. The molecule has 3 aromatic rings. The minimum atomic E-state index is 0.0226. The number of amides is 1. The molecule has 226 valence electrons. The summed E-state index contributed by atoms with van der Waals surface area (Å²) in [6.07, 6.45) is 2.96. The van der Waals surface area contributed by atoms with Crippen LogP contribution >= 0.6 is 0 Å². The van der Waals surface area contributed by atoms with Crippen molar-refractivity contribution in [1.82, 2.24) is 10.6 Å². The number of hydrogen-bond acceptors (Lipinski definition) is 7. The van der Waals surface area contributed by atoms with Crippen LogP contribution in [-0.2, 0) is 27.3 Å². The van der Waals surface area contributed by atoms with Crippen molar-refractivity contribution in [2.45, 2.75) is 44.3 Å². The van der Waals surface area contributed by atoms with Crippen molar-refractivity contribution in [2.75, 3.05) is 53.7 Å². The fraction of sp³-hybridized carbons (Fsp3) is 0.441. The molecule has 42 heavy (non-hydrogen) atoms. The number of methoxy groups -OCH3 is 1. The summed E-state index contributed by atoms with van der Waals surface area (Å²) in [5, 5.41) is 6.13. The third kappa shape index (κ3) is 9.76. The summed E-state index contributed by atoms with van der Waals surface area (Å²) in [6, 6.07) is 24.2. The van der Waals surface area contributed by atoms with E-state index in [1.54, 1.807) is 14.2 Å². The van der Waals surface area contributed by atoms with Gasteiger partial charge in [0.2, 0.25) is 5.91 Å². The van der Waals surface area contributed by atoms with Gasteiger partial charge in [-0.3, -0.25) is 4.79 Å². The number of para-hydroxylation sites is 2. The molecule has 2 N–H and O–H groups in total. The third-order valence-corrected chi connectivity index (χ3v) is 7.43. The fourth-order valence-electron chi connectivity index (χ4n) is 5.13. The molecule has 8 heteroatoms. The Bertz CT molecular complexity index is 1220. The van der Waals surface area contributed by atoms with E-state index in [4.69, 9.17) is 23.7 Å². The highest BCUT2D eigenvalue weighted by molar-refractivity contribution is 5.75. The summed E-state index contributed by atoms with van der Waals surface area (Å²) >= 11 is 0. The first kappa shape index (κ1) is 31.3. The average molecular weight is 577 g/mol. The molecule has 8 nitrogen and oxygen atoms in total. The smallest absolute Gasteiger partial charge is 0.220 e. The van der Waals surface area contributed by atoms with E-state index >= 15 is 0 Å². The van der Waals surface area contributed by atoms with Crippen LogP contribution in [0.15, 0.2) is 72.8 Å². The molecule has 3 aromatic carbocycles. The van der Waals surface area contributed by atoms with E-state index in [9.17, 15) is 4.79 Å². The van der Waals surface area contributed by atoms with Crippen LogP contribution in [0, 0.1) is 0 Å². The van der Waals surface area contributed by atoms with Crippen molar-refractivity contribution in [3.05, 3.63) is 89.5 Å². The minimum absolute atomic E-state index is 0.0226. The first-order valence-corrected chi connectivity index (χ1v) is 14.8. The van der Waals surface area contributed by atoms with Gasteiger partial charge in [-0.15, -0.1) is 0 Å². The van der Waals surface area contributed by atoms with E-state index < -0.39 is 0 Å². The Morgan fingerprint density at radius 1 is 0.881 bits per heavy atom. The SMILES string of the molecule is CNC(=O)CCc1ccccc1OCCO[C@H]1CNCC[C@@H]1c1ccc(OCCCOCc2ccccc2OC)cc1. The molecule has 0 radical (unpaired) electrons. The number of carbonyl (C=O) groups is 1. The summed E-state index contributed by atoms with van der Waals surface area (Å²) in [6.45, 7) is 4.46. The third-order valence-electron chi connectivity index (χ3n) is 7.43. The number of carbonyl (C=O) groups excluding carboxylic acids is 1. The maximum Gasteiger partial charge on any atom is 0.220 e. The van der Waals surface area contributed by atoms with E-state index in [1.165, 1.54) is 5.56 Å². The molecule has 0 aromatic heterocycles. The summed E-state index contributed by atoms with van der Waals surface area (Å²) in [5.41, 5.74) is 3.33. The quantitative estimate of drug-likeness (QED) is 0.221. The highest BCUT2D eigenvalue weighted by atomic mass is 16.5. The molecule has 0 unspecified atom stereocenters. The largest absolute Gasteiger partial charge is 0.496 e. The average Bonchev–Trinajstić information content (AvgIpc) is 3.04. The van der Waals surface area contributed by atoms with E-state index in [0.29, 0.717) is 51.8 Å². The van der Waals surface area contributed by atoms with Gasteiger partial charge in [-0.1, -0.05) is 48.5 Å². The number of hydrogen-bond donors (Lipinski definition) is 2. The Balaban J connectivity index is 1.17. The lowest BCUT2D eigenvalue weighted by Gasteiger charge is -2.32. The molecule has 1 saturated heterocycles.